The van der Waals surface area contributed by atoms with Crippen LogP contribution < -0.4 is 10.1 Å². The van der Waals surface area contributed by atoms with Crippen LogP contribution in [0.1, 0.15) is 0 Å². The maximum Gasteiger partial charge on any atom is 0.353 e. The van der Waals surface area contributed by atoms with E-state index in [4.69, 9.17) is 9.47 Å². The second-order valence-corrected chi connectivity index (χ2v) is 8.20. The summed E-state index contributed by atoms with van der Waals surface area (Å²) >= 11 is 3.22. The predicted molar refractivity (Wildman–Crippen MR) is 111 cm³/mol. The van der Waals surface area contributed by atoms with Crippen molar-refractivity contribution in [2.75, 3.05) is 23.4 Å². The third-order valence-electron chi connectivity index (χ3n) is 4.16. The van der Waals surface area contributed by atoms with Crippen molar-refractivity contribution >= 4 is 58.1 Å². The summed E-state index contributed by atoms with van der Waals surface area (Å²) in [5, 5.41) is 11.5. The molecule has 1 unspecified atom stereocenters. The van der Waals surface area contributed by atoms with E-state index in [0.717, 1.165) is 4.90 Å². The topological polar surface area (TPSA) is 122 Å². The van der Waals surface area contributed by atoms with Crippen LogP contribution in [0.3, 0.4) is 0 Å². The summed E-state index contributed by atoms with van der Waals surface area (Å²) in [4.78, 5) is 49.5. The van der Waals surface area contributed by atoms with Gasteiger partial charge in [-0.15, -0.1) is 11.8 Å². The van der Waals surface area contributed by atoms with Crippen LogP contribution in [-0.2, 0) is 23.9 Å². The lowest BCUT2D eigenvalue weighted by molar-refractivity contribution is -0.151. The molecule has 1 aromatic carbocycles. The number of benzene rings is 1. The van der Waals surface area contributed by atoms with E-state index in [1.54, 1.807) is 24.3 Å². The number of aliphatic carboxylic acids is 1. The lowest BCUT2D eigenvalue weighted by atomic mass is 10.0. The summed E-state index contributed by atoms with van der Waals surface area (Å²) in [6.45, 7) is -0.126. The number of β-lactam (4-membered cyclic amide) rings is 1. The summed E-state index contributed by atoms with van der Waals surface area (Å²) in [5.74, 6) is -2.64. The highest BCUT2D eigenvalue weighted by Crippen LogP contribution is 2.40. The Balaban J connectivity index is 1.65. The zero-order valence-corrected chi connectivity index (χ0v) is 18.0. The number of carboxylic acid groups (broad SMARTS) is 1. The van der Waals surface area contributed by atoms with E-state index in [1.807, 2.05) is 28.7 Å². The van der Waals surface area contributed by atoms with Crippen LogP contribution in [0.4, 0.5) is 0 Å². The number of nitrogens with zero attached hydrogens (tertiary/aromatic N) is 1. The van der Waals surface area contributed by atoms with Crippen LogP contribution >= 0.6 is 34.4 Å². The maximum atomic E-state index is 12.5. The van der Waals surface area contributed by atoms with Crippen molar-refractivity contribution in [2.45, 2.75) is 11.4 Å². The van der Waals surface area contributed by atoms with Gasteiger partial charge in [-0.25, -0.2) is 9.59 Å². The largest absolute Gasteiger partial charge is 0.484 e. The van der Waals surface area contributed by atoms with Crippen molar-refractivity contribution in [1.82, 2.24) is 10.2 Å². The third kappa shape index (κ3) is 4.66. The van der Waals surface area contributed by atoms with Gasteiger partial charge in [0.2, 0.25) is 0 Å². The molecular weight excluding hydrogens is 515 g/mol. The standard InChI is InChI=1S/C18H17IN2O7S/c19-6-7-27-18(26)11-9-29-16-13(15(23)21(16)14(11)17(24)25)20-12(22)8-28-10-4-2-1-3-5-10/h1-5,13,16H,6-9H2,(H,20,22)(H,24,25)/t13?,16-/m0/s1. The number of esters is 1. The number of carbonyl (C=O) groups excluding carboxylic acids is 3. The Bertz CT molecular complexity index is 861. The number of halogens is 1. The Kier molecular flexibility index (Phi) is 7.00. The molecule has 154 valence electrons. The number of amides is 2. The fourth-order valence-electron chi connectivity index (χ4n) is 2.87. The van der Waals surface area contributed by atoms with Gasteiger partial charge in [0.05, 0.1) is 5.57 Å². The van der Waals surface area contributed by atoms with Crippen LogP contribution in [0.5, 0.6) is 5.75 Å². The highest BCUT2D eigenvalue weighted by atomic mass is 127. The molecule has 0 saturated carbocycles. The first-order valence-electron chi connectivity index (χ1n) is 8.55. The summed E-state index contributed by atoms with van der Waals surface area (Å²) in [7, 11) is 0. The maximum absolute atomic E-state index is 12.5. The van der Waals surface area contributed by atoms with E-state index in [9.17, 15) is 24.3 Å². The number of carbonyl (C=O) groups is 4. The Hall–Kier alpha value is -2.28. The average Bonchev–Trinajstić information content (AvgIpc) is 2.73. The third-order valence-corrected chi connectivity index (χ3v) is 5.88. The van der Waals surface area contributed by atoms with Gasteiger partial charge in [0.15, 0.2) is 6.61 Å². The summed E-state index contributed by atoms with van der Waals surface area (Å²) in [6.07, 6.45) is 0. The fourth-order valence-corrected chi connectivity index (χ4v) is 4.42. The van der Waals surface area contributed by atoms with E-state index in [1.165, 1.54) is 11.8 Å². The fraction of sp³-hybridized carbons (Fsp3) is 0.333. The molecule has 11 heteroatoms. The second kappa shape index (κ2) is 9.48. The number of carboxylic acids is 1. The molecule has 0 spiro atoms. The highest BCUT2D eigenvalue weighted by molar-refractivity contribution is 14.1. The Labute approximate surface area is 183 Å². The Morgan fingerprint density at radius 1 is 1.28 bits per heavy atom. The number of para-hydroxylation sites is 1. The molecule has 1 saturated heterocycles. The molecule has 0 radical (unpaired) electrons. The molecule has 3 rings (SSSR count). The molecule has 29 heavy (non-hydrogen) atoms. The van der Waals surface area contributed by atoms with Crippen molar-refractivity contribution in [2.24, 2.45) is 0 Å². The number of hydrogen-bond donors (Lipinski definition) is 2. The molecule has 2 atom stereocenters. The zero-order chi connectivity index (χ0) is 21.0. The van der Waals surface area contributed by atoms with Crippen LogP contribution in [0.15, 0.2) is 41.6 Å². The van der Waals surface area contributed by atoms with Crippen LogP contribution in [0, 0.1) is 0 Å². The summed E-state index contributed by atoms with van der Waals surface area (Å²) in [5.41, 5.74) is -0.447. The van der Waals surface area contributed by atoms with Gasteiger partial charge in [0.25, 0.3) is 11.8 Å². The van der Waals surface area contributed by atoms with Gasteiger partial charge in [-0.1, -0.05) is 40.8 Å². The number of nitrogens with one attached hydrogen (secondary N) is 1. The SMILES string of the molecule is O=C(COc1ccccc1)NC1C(=O)N2C(C(=O)O)=C(C(=O)OCCI)CS[C@@H]12. The minimum absolute atomic E-state index is 0.0610. The van der Waals surface area contributed by atoms with Crippen LogP contribution in [-0.4, -0.2) is 68.6 Å². The molecule has 1 aromatic rings. The lowest BCUT2D eigenvalue weighted by Gasteiger charge is -2.49. The van der Waals surface area contributed by atoms with Gasteiger partial charge in [0.1, 0.15) is 29.5 Å². The Morgan fingerprint density at radius 3 is 2.66 bits per heavy atom. The summed E-state index contributed by atoms with van der Waals surface area (Å²) < 4.78 is 10.9. The molecule has 2 aliphatic heterocycles. The molecule has 2 amide bonds. The first kappa shape index (κ1) is 21.4. The quantitative estimate of drug-likeness (QED) is 0.218. The van der Waals surface area contributed by atoms with Crippen molar-refractivity contribution in [3.05, 3.63) is 41.6 Å². The number of hydrogen-bond acceptors (Lipinski definition) is 7. The normalized spacial score (nSPS) is 20.4. The Morgan fingerprint density at radius 2 is 2.00 bits per heavy atom. The molecule has 2 N–H and O–H groups in total. The number of fused-ring (bicyclic) bond motifs is 1. The van der Waals surface area contributed by atoms with Crippen molar-refractivity contribution in [3.8, 4) is 5.75 Å². The van der Waals surface area contributed by atoms with Crippen molar-refractivity contribution < 1.29 is 33.8 Å². The lowest BCUT2D eigenvalue weighted by Crippen LogP contribution is -2.71. The first-order valence-corrected chi connectivity index (χ1v) is 11.1. The molecule has 0 aliphatic carbocycles. The van der Waals surface area contributed by atoms with Gasteiger partial charge < -0.3 is 19.9 Å². The number of ether oxygens (including phenoxy) is 2. The highest BCUT2D eigenvalue weighted by Gasteiger charge is 2.55. The smallest absolute Gasteiger partial charge is 0.353 e. The van der Waals surface area contributed by atoms with Crippen LogP contribution in [0.25, 0.3) is 0 Å². The molecule has 2 heterocycles. The zero-order valence-electron chi connectivity index (χ0n) is 15.0. The monoisotopic (exact) mass is 532 g/mol. The molecular formula is C18H17IN2O7S. The predicted octanol–water partition coefficient (Wildman–Crippen LogP) is 0.782. The van der Waals surface area contributed by atoms with Crippen LogP contribution in [0.2, 0.25) is 0 Å². The van der Waals surface area contributed by atoms with Gasteiger partial charge >= 0.3 is 11.9 Å². The number of thioether (sulfide) groups is 1. The summed E-state index contributed by atoms with van der Waals surface area (Å²) in [6, 6.07) is 7.86. The van der Waals surface area contributed by atoms with E-state index in [-0.39, 0.29) is 30.2 Å². The number of alkyl halides is 1. The number of rotatable bonds is 8. The van der Waals surface area contributed by atoms with Gasteiger partial charge in [0, 0.05) is 10.2 Å². The van der Waals surface area contributed by atoms with Gasteiger partial charge in [-0.2, -0.15) is 0 Å². The molecule has 1 fully saturated rings. The second-order valence-electron chi connectivity index (χ2n) is 6.01. The van der Waals surface area contributed by atoms with E-state index in [2.05, 4.69) is 5.32 Å². The van der Waals surface area contributed by atoms with E-state index >= 15 is 0 Å². The van der Waals surface area contributed by atoms with Crippen molar-refractivity contribution in [3.63, 3.8) is 0 Å². The minimum atomic E-state index is -1.39. The average molecular weight is 532 g/mol. The van der Waals surface area contributed by atoms with E-state index in [0.29, 0.717) is 10.2 Å². The van der Waals surface area contributed by atoms with Gasteiger partial charge in [-0.3, -0.25) is 14.5 Å². The first-order chi connectivity index (χ1) is 13.9. The van der Waals surface area contributed by atoms with Crippen molar-refractivity contribution in [1.29, 1.82) is 0 Å². The minimum Gasteiger partial charge on any atom is -0.484 e. The molecule has 0 aromatic heterocycles. The molecule has 0 bridgehead atoms. The molecule has 9 nitrogen and oxygen atoms in total. The molecule has 2 aliphatic rings. The van der Waals surface area contributed by atoms with E-state index < -0.39 is 35.2 Å². The van der Waals surface area contributed by atoms with Gasteiger partial charge in [-0.05, 0) is 12.1 Å².